The highest BCUT2D eigenvalue weighted by atomic mass is 16.5. The van der Waals surface area contributed by atoms with Gasteiger partial charge in [0.25, 0.3) is 5.56 Å². The molecule has 0 aliphatic carbocycles. The van der Waals surface area contributed by atoms with Gasteiger partial charge in [-0.1, -0.05) is 29.8 Å². The minimum atomic E-state index is -0.335. The Kier molecular flexibility index (Phi) is 2.67. The zero-order chi connectivity index (χ0) is 13.4. The molecule has 5 nitrogen and oxygen atoms in total. The largest absolute Gasteiger partial charge is 0.355 e. The minimum absolute atomic E-state index is 0.286. The summed E-state index contributed by atoms with van der Waals surface area (Å²) in [7, 11) is 0. The molecule has 0 saturated heterocycles. The van der Waals surface area contributed by atoms with Gasteiger partial charge in [-0.05, 0) is 25.0 Å². The Labute approximate surface area is 109 Å². The van der Waals surface area contributed by atoms with Gasteiger partial charge in [-0.2, -0.15) is 5.10 Å². The summed E-state index contributed by atoms with van der Waals surface area (Å²) in [4.78, 5) is 11.6. The molecule has 2 aromatic heterocycles. The van der Waals surface area contributed by atoms with E-state index in [4.69, 9.17) is 4.52 Å². The van der Waals surface area contributed by atoms with Crippen LogP contribution in [0.3, 0.4) is 0 Å². The Morgan fingerprint density at radius 2 is 2.21 bits per heavy atom. The van der Waals surface area contributed by atoms with E-state index in [0.717, 1.165) is 23.1 Å². The first-order valence-electron chi connectivity index (χ1n) is 6.13. The predicted molar refractivity (Wildman–Crippen MR) is 72.0 cm³/mol. The van der Waals surface area contributed by atoms with Crippen molar-refractivity contribution < 1.29 is 4.52 Å². The number of aromatic nitrogens is 3. The van der Waals surface area contributed by atoms with Gasteiger partial charge in [-0.3, -0.25) is 4.79 Å². The van der Waals surface area contributed by atoms with E-state index in [1.807, 2.05) is 13.0 Å². The van der Waals surface area contributed by atoms with Gasteiger partial charge in [0.05, 0.1) is 11.6 Å². The molecule has 19 heavy (non-hydrogen) atoms. The molecule has 1 N–H and O–H groups in total. The molecule has 3 rings (SSSR count). The summed E-state index contributed by atoms with van der Waals surface area (Å²) in [6.07, 6.45) is 2.46. The lowest BCUT2D eigenvalue weighted by molar-refractivity contribution is 0.440. The number of benzene rings is 1. The quantitative estimate of drug-likeness (QED) is 0.763. The number of H-pyrrole nitrogens is 1. The maximum Gasteiger partial charge on any atom is 0.294 e. The first kappa shape index (κ1) is 11.6. The van der Waals surface area contributed by atoms with Crippen LogP contribution in [-0.4, -0.2) is 15.4 Å². The van der Waals surface area contributed by atoms with Crippen LogP contribution < -0.4 is 5.56 Å². The number of hydrogen-bond acceptors (Lipinski definition) is 4. The van der Waals surface area contributed by atoms with Crippen LogP contribution in [0.1, 0.15) is 18.1 Å². The summed E-state index contributed by atoms with van der Waals surface area (Å²) >= 11 is 0. The number of aryl methyl sites for hydroxylation is 2. The van der Waals surface area contributed by atoms with Gasteiger partial charge in [0.15, 0.2) is 11.3 Å². The van der Waals surface area contributed by atoms with Crippen LogP contribution in [0.4, 0.5) is 0 Å². The molecular weight excluding hydrogens is 242 g/mol. The molecule has 96 valence electrons. The lowest BCUT2D eigenvalue weighted by Gasteiger charge is -2.06. The molecule has 0 fully saturated rings. The van der Waals surface area contributed by atoms with Gasteiger partial charge < -0.3 is 4.52 Å². The third-order valence-electron chi connectivity index (χ3n) is 3.19. The average Bonchev–Trinajstić information content (AvgIpc) is 2.84. The number of rotatable bonds is 2. The SMILES string of the molecule is CCc1ccc(C)cc1-c1onc2c(=O)[nH]ncc12. The second kappa shape index (κ2) is 4.35. The summed E-state index contributed by atoms with van der Waals surface area (Å²) in [5.74, 6) is 0.606. The molecule has 0 bridgehead atoms. The van der Waals surface area contributed by atoms with Crippen LogP contribution in [0.25, 0.3) is 22.2 Å². The van der Waals surface area contributed by atoms with Crippen LogP contribution in [0.15, 0.2) is 33.7 Å². The lowest BCUT2D eigenvalue weighted by atomic mass is 9.99. The molecule has 2 heterocycles. The fourth-order valence-electron chi connectivity index (χ4n) is 2.19. The van der Waals surface area contributed by atoms with Gasteiger partial charge in [-0.25, -0.2) is 5.10 Å². The molecule has 0 aliphatic rings. The van der Waals surface area contributed by atoms with Crippen LogP contribution >= 0.6 is 0 Å². The number of fused-ring (bicyclic) bond motifs is 1. The van der Waals surface area contributed by atoms with Crippen molar-refractivity contribution in [3.8, 4) is 11.3 Å². The fourth-order valence-corrected chi connectivity index (χ4v) is 2.19. The number of nitrogens with zero attached hydrogens (tertiary/aromatic N) is 2. The van der Waals surface area contributed by atoms with E-state index in [9.17, 15) is 4.79 Å². The summed E-state index contributed by atoms with van der Waals surface area (Å²) in [6.45, 7) is 4.10. The number of nitrogens with one attached hydrogen (secondary N) is 1. The van der Waals surface area contributed by atoms with Crippen molar-refractivity contribution in [3.63, 3.8) is 0 Å². The highest BCUT2D eigenvalue weighted by molar-refractivity contribution is 5.91. The van der Waals surface area contributed by atoms with Crippen molar-refractivity contribution in [2.45, 2.75) is 20.3 Å². The second-order valence-electron chi connectivity index (χ2n) is 4.49. The Balaban J connectivity index is 2.33. The summed E-state index contributed by atoms with van der Waals surface area (Å²) in [5.41, 5.74) is 3.21. The molecule has 1 aromatic carbocycles. The van der Waals surface area contributed by atoms with Crippen molar-refractivity contribution >= 4 is 10.9 Å². The van der Waals surface area contributed by atoms with E-state index in [1.54, 1.807) is 6.20 Å². The Hall–Kier alpha value is -2.43. The van der Waals surface area contributed by atoms with Gasteiger partial charge in [-0.15, -0.1) is 0 Å². The topological polar surface area (TPSA) is 71.8 Å². The standard InChI is InChI=1S/C14H13N3O2/c1-3-9-5-4-8(2)6-10(9)13-11-7-15-16-14(18)12(11)17-19-13/h4-7H,3H2,1-2H3,(H,16,18). The number of hydrogen-bond donors (Lipinski definition) is 1. The van der Waals surface area contributed by atoms with Crippen LogP contribution in [0.5, 0.6) is 0 Å². The average molecular weight is 255 g/mol. The third-order valence-corrected chi connectivity index (χ3v) is 3.19. The van der Waals surface area contributed by atoms with Crippen molar-refractivity contribution in [1.29, 1.82) is 0 Å². The summed E-state index contributed by atoms with van der Waals surface area (Å²) in [5, 5.41) is 10.6. The first-order valence-corrected chi connectivity index (χ1v) is 6.13. The molecular formula is C14H13N3O2. The molecule has 0 spiro atoms. The Bertz CT molecular complexity index is 802. The first-order chi connectivity index (χ1) is 9.20. The maximum absolute atomic E-state index is 11.6. The molecule has 5 heteroatoms. The lowest BCUT2D eigenvalue weighted by Crippen LogP contribution is -2.06. The summed E-state index contributed by atoms with van der Waals surface area (Å²) in [6, 6.07) is 6.17. The van der Waals surface area contributed by atoms with E-state index in [2.05, 4.69) is 34.4 Å². The molecule has 0 unspecified atom stereocenters. The van der Waals surface area contributed by atoms with E-state index >= 15 is 0 Å². The second-order valence-corrected chi connectivity index (χ2v) is 4.49. The zero-order valence-corrected chi connectivity index (χ0v) is 10.7. The highest BCUT2D eigenvalue weighted by Gasteiger charge is 2.16. The third kappa shape index (κ3) is 1.83. The molecule has 0 aliphatic heterocycles. The van der Waals surface area contributed by atoms with Gasteiger partial charge in [0, 0.05) is 5.56 Å². The maximum atomic E-state index is 11.6. The molecule has 0 saturated carbocycles. The van der Waals surface area contributed by atoms with Crippen molar-refractivity contribution in [2.24, 2.45) is 0 Å². The van der Waals surface area contributed by atoms with Crippen LogP contribution in [0, 0.1) is 6.92 Å². The van der Waals surface area contributed by atoms with E-state index in [1.165, 1.54) is 0 Å². The fraction of sp³-hybridized carbons (Fsp3) is 0.214. The molecule has 3 aromatic rings. The zero-order valence-electron chi connectivity index (χ0n) is 10.7. The van der Waals surface area contributed by atoms with Crippen LogP contribution in [0.2, 0.25) is 0 Å². The van der Waals surface area contributed by atoms with E-state index < -0.39 is 0 Å². The van der Waals surface area contributed by atoms with Crippen molar-refractivity contribution in [3.05, 3.63) is 45.9 Å². The van der Waals surface area contributed by atoms with E-state index in [0.29, 0.717) is 11.1 Å². The number of aromatic amines is 1. The normalized spacial score (nSPS) is 11.1. The molecule has 0 amide bonds. The van der Waals surface area contributed by atoms with Crippen molar-refractivity contribution in [2.75, 3.05) is 0 Å². The molecule has 0 atom stereocenters. The Morgan fingerprint density at radius 1 is 1.37 bits per heavy atom. The van der Waals surface area contributed by atoms with E-state index in [-0.39, 0.29) is 11.1 Å². The minimum Gasteiger partial charge on any atom is -0.355 e. The predicted octanol–water partition coefficient (Wildman–Crippen LogP) is 2.45. The monoisotopic (exact) mass is 255 g/mol. The summed E-state index contributed by atoms with van der Waals surface area (Å²) < 4.78 is 5.37. The highest BCUT2D eigenvalue weighted by Crippen LogP contribution is 2.30. The Morgan fingerprint density at radius 3 is 3.00 bits per heavy atom. The smallest absolute Gasteiger partial charge is 0.294 e. The van der Waals surface area contributed by atoms with Gasteiger partial charge in [0.1, 0.15) is 0 Å². The van der Waals surface area contributed by atoms with Crippen LogP contribution in [-0.2, 0) is 6.42 Å². The van der Waals surface area contributed by atoms with Gasteiger partial charge >= 0.3 is 0 Å². The van der Waals surface area contributed by atoms with Crippen molar-refractivity contribution in [1.82, 2.24) is 15.4 Å². The van der Waals surface area contributed by atoms with Gasteiger partial charge in [0.2, 0.25) is 0 Å². The molecule has 0 radical (unpaired) electrons.